The lowest BCUT2D eigenvalue weighted by molar-refractivity contribution is 0.729. The first kappa shape index (κ1) is 31.5. The van der Waals surface area contributed by atoms with Crippen LogP contribution in [-0.4, -0.2) is 9.97 Å². The Morgan fingerprint density at radius 3 is 1.64 bits per heavy atom. The Labute approximate surface area is 329 Å². The second-order valence-corrected chi connectivity index (χ2v) is 15.9. The van der Waals surface area contributed by atoms with E-state index >= 15 is 0 Å². The quantitative estimate of drug-likeness (QED) is 0.181. The number of nitrogens with zero attached hydrogens (tertiary/aromatic N) is 2. The minimum atomic E-state index is -0.537. The third-order valence-electron chi connectivity index (χ3n) is 11.9. The number of hydrogen-bond donors (Lipinski definition) is 0. The van der Waals surface area contributed by atoms with Crippen LogP contribution in [0.5, 0.6) is 0 Å². The lowest BCUT2D eigenvalue weighted by atomic mass is 9.66. The summed E-state index contributed by atoms with van der Waals surface area (Å²) in [4.78, 5) is 13.2. The van der Waals surface area contributed by atoms with Crippen molar-refractivity contribution in [2.75, 3.05) is 0 Å². The van der Waals surface area contributed by atoms with Crippen LogP contribution >= 0.6 is 11.8 Å². The highest BCUT2D eigenvalue weighted by Gasteiger charge is 2.51. The highest BCUT2D eigenvalue weighted by atomic mass is 32.2. The summed E-state index contributed by atoms with van der Waals surface area (Å²) < 4.78 is 0. The number of aromatic nitrogens is 2. The van der Waals surface area contributed by atoms with Crippen LogP contribution in [0.15, 0.2) is 204 Å². The van der Waals surface area contributed by atoms with Gasteiger partial charge in [-0.2, -0.15) is 0 Å². The van der Waals surface area contributed by atoms with Gasteiger partial charge in [0.1, 0.15) is 0 Å². The number of hydrogen-bond acceptors (Lipinski definition) is 3. The van der Waals surface area contributed by atoms with Gasteiger partial charge in [0.2, 0.25) is 0 Å². The third kappa shape index (κ3) is 4.46. The number of para-hydroxylation sites is 1. The molecule has 0 fully saturated rings. The minimum Gasteiger partial charge on any atom is -0.228 e. The first-order valence-electron chi connectivity index (χ1n) is 19.2. The Kier molecular flexibility index (Phi) is 6.81. The molecule has 0 amide bonds. The van der Waals surface area contributed by atoms with Crippen LogP contribution in [0.25, 0.3) is 77.3 Å². The maximum absolute atomic E-state index is 5.41. The van der Waals surface area contributed by atoms with E-state index in [2.05, 4.69) is 194 Å². The van der Waals surface area contributed by atoms with E-state index in [1.807, 2.05) is 11.8 Å². The molecule has 0 bridgehead atoms. The van der Waals surface area contributed by atoms with Crippen LogP contribution in [0.1, 0.15) is 22.3 Å². The summed E-state index contributed by atoms with van der Waals surface area (Å²) in [6.07, 6.45) is 0. The molecule has 10 aromatic rings. The van der Waals surface area contributed by atoms with E-state index in [-0.39, 0.29) is 0 Å². The van der Waals surface area contributed by atoms with Gasteiger partial charge in [-0.1, -0.05) is 194 Å². The summed E-state index contributed by atoms with van der Waals surface area (Å²) in [6.45, 7) is 0. The molecule has 260 valence electrons. The zero-order chi connectivity index (χ0) is 36.8. The van der Waals surface area contributed by atoms with Crippen molar-refractivity contribution in [3.8, 4) is 44.9 Å². The maximum Gasteiger partial charge on any atom is 0.160 e. The van der Waals surface area contributed by atoms with E-state index in [9.17, 15) is 0 Å². The lowest BCUT2D eigenvalue weighted by Crippen LogP contribution is -2.32. The standard InChI is InChI=1S/C53H32N2S/c1-2-12-33(13-3-1)34-22-24-37(25-23-34)52-54-48-21-11-9-19-43(48)49(55-52)38-26-29-42-41-18-8-10-20-44(41)53(47(42)32-38)45-30-27-35-14-4-6-16-39(35)50(45)56-51-40-17-7-5-15-36(40)28-31-46(51)53/h1-32H. The van der Waals surface area contributed by atoms with Crippen molar-refractivity contribution in [3.63, 3.8) is 0 Å². The summed E-state index contributed by atoms with van der Waals surface area (Å²) in [5, 5.41) is 6.14. The maximum atomic E-state index is 5.41. The Balaban J connectivity index is 1.13. The van der Waals surface area contributed by atoms with Crippen LogP contribution in [0.4, 0.5) is 0 Å². The molecule has 0 atom stereocenters. The van der Waals surface area contributed by atoms with Crippen molar-refractivity contribution in [2.45, 2.75) is 15.2 Å². The molecule has 2 aliphatic rings. The van der Waals surface area contributed by atoms with Gasteiger partial charge in [-0.3, -0.25) is 0 Å². The fraction of sp³-hybridized carbons (Fsp3) is 0.0189. The summed E-state index contributed by atoms with van der Waals surface area (Å²) >= 11 is 1.93. The van der Waals surface area contributed by atoms with Gasteiger partial charge in [0.15, 0.2) is 5.82 Å². The predicted molar refractivity (Wildman–Crippen MR) is 232 cm³/mol. The molecule has 0 saturated heterocycles. The van der Waals surface area contributed by atoms with Gasteiger partial charge in [-0.05, 0) is 78.2 Å². The second kappa shape index (κ2) is 12.1. The Hall–Kier alpha value is -6.81. The first-order chi connectivity index (χ1) is 27.8. The van der Waals surface area contributed by atoms with Crippen molar-refractivity contribution < 1.29 is 0 Å². The summed E-state index contributed by atoms with van der Waals surface area (Å²) in [5.41, 5.74) is 13.6. The SMILES string of the molecule is c1ccc(-c2ccc(-c3nc(-c4ccc5c(c4)C4(c6ccccc6-5)c5ccc6ccccc6c5Sc5c4ccc4ccccc54)c4ccccc4n3)cc2)cc1. The van der Waals surface area contributed by atoms with Crippen LogP contribution < -0.4 is 0 Å². The predicted octanol–water partition coefficient (Wildman–Crippen LogP) is 13.8. The molecule has 12 rings (SSSR count). The van der Waals surface area contributed by atoms with Gasteiger partial charge < -0.3 is 0 Å². The van der Waals surface area contributed by atoms with Crippen molar-refractivity contribution in [2.24, 2.45) is 0 Å². The molecule has 0 N–H and O–H groups in total. The van der Waals surface area contributed by atoms with E-state index in [1.165, 1.54) is 75.8 Å². The molecule has 1 aliphatic carbocycles. The van der Waals surface area contributed by atoms with Gasteiger partial charge in [-0.15, -0.1) is 0 Å². The summed E-state index contributed by atoms with van der Waals surface area (Å²) in [7, 11) is 0. The van der Waals surface area contributed by atoms with Crippen molar-refractivity contribution in [1.82, 2.24) is 9.97 Å². The Bertz CT molecular complexity index is 3140. The van der Waals surface area contributed by atoms with Crippen molar-refractivity contribution >= 4 is 44.2 Å². The van der Waals surface area contributed by atoms with Gasteiger partial charge >= 0.3 is 0 Å². The summed E-state index contributed by atoms with van der Waals surface area (Å²) in [5.74, 6) is 0.722. The molecule has 1 aromatic heterocycles. The lowest BCUT2D eigenvalue weighted by Gasteiger charge is -2.40. The Morgan fingerprint density at radius 1 is 0.357 bits per heavy atom. The van der Waals surface area contributed by atoms with Crippen molar-refractivity contribution in [1.29, 1.82) is 0 Å². The molecular formula is C53H32N2S. The number of benzene rings is 9. The Morgan fingerprint density at radius 2 is 0.911 bits per heavy atom. The molecule has 2 heterocycles. The molecule has 1 aliphatic heterocycles. The van der Waals surface area contributed by atoms with Crippen LogP contribution in [0, 0.1) is 0 Å². The molecule has 0 saturated carbocycles. The fourth-order valence-electron chi connectivity index (χ4n) is 9.42. The summed E-state index contributed by atoms with van der Waals surface area (Å²) in [6, 6.07) is 70.8. The topological polar surface area (TPSA) is 25.8 Å². The van der Waals surface area contributed by atoms with Gasteiger partial charge in [-0.25, -0.2) is 9.97 Å². The average Bonchev–Trinajstić information content (AvgIpc) is 3.56. The van der Waals surface area contributed by atoms with Crippen LogP contribution in [-0.2, 0) is 5.41 Å². The van der Waals surface area contributed by atoms with E-state index in [0.29, 0.717) is 0 Å². The van der Waals surface area contributed by atoms with Gasteiger partial charge in [0, 0.05) is 26.3 Å². The zero-order valence-corrected chi connectivity index (χ0v) is 31.1. The smallest absolute Gasteiger partial charge is 0.160 e. The third-order valence-corrected chi connectivity index (χ3v) is 13.2. The molecule has 56 heavy (non-hydrogen) atoms. The van der Waals surface area contributed by atoms with Crippen molar-refractivity contribution in [3.05, 3.63) is 216 Å². The molecule has 0 unspecified atom stereocenters. The monoisotopic (exact) mass is 728 g/mol. The molecular weight excluding hydrogens is 697 g/mol. The first-order valence-corrected chi connectivity index (χ1v) is 20.0. The normalized spacial score (nSPS) is 13.4. The minimum absolute atomic E-state index is 0.537. The fourth-order valence-corrected chi connectivity index (χ4v) is 10.9. The number of rotatable bonds is 3. The van der Waals surface area contributed by atoms with Gasteiger partial charge in [0.05, 0.1) is 16.6 Å². The van der Waals surface area contributed by atoms with Gasteiger partial charge in [0.25, 0.3) is 0 Å². The average molecular weight is 729 g/mol. The van der Waals surface area contributed by atoms with E-state index in [0.717, 1.165) is 33.5 Å². The molecule has 3 heteroatoms. The van der Waals surface area contributed by atoms with Crippen LogP contribution in [0.2, 0.25) is 0 Å². The molecule has 1 spiro atoms. The second-order valence-electron chi connectivity index (χ2n) is 14.8. The molecule has 2 nitrogen and oxygen atoms in total. The van der Waals surface area contributed by atoms with Crippen LogP contribution in [0.3, 0.4) is 0 Å². The number of fused-ring (bicyclic) bond motifs is 14. The van der Waals surface area contributed by atoms with E-state index < -0.39 is 5.41 Å². The zero-order valence-electron chi connectivity index (χ0n) is 30.3. The highest BCUT2D eigenvalue weighted by Crippen LogP contribution is 2.64. The van der Waals surface area contributed by atoms with E-state index in [4.69, 9.17) is 9.97 Å². The van der Waals surface area contributed by atoms with E-state index in [1.54, 1.807) is 0 Å². The highest BCUT2D eigenvalue weighted by molar-refractivity contribution is 8.00. The molecule has 0 radical (unpaired) electrons. The largest absolute Gasteiger partial charge is 0.228 e. The molecule has 9 aromatic carbocycles.